The molecule has 0 aromatic carbocycles. The van der Waals surface area contributed by atoms with Gasteiger partial charge in [-0.25, -0.2) is 0 Å². The van der Waals surface area contributed by atoms with Crippen molar-refractivity contribution in [3.8, 4) is 0 Å². The first-order chi connectivity index (χ1) is 6.66. The molecule has 0 aliphatic rings. The second-order valence-electron chi connectivity index (χ2n) is 3.22. The van der Waals surface area contributed by atoms with E-state index in [1.54, 1.807) is 0 Å². The molecule has 1 unspecified atom stereocenters. The topological polar surface area (TPSA) is 69.1 Å². The summed E-state index contributed by atoms with van der Waals surface area (Å²) < 4.78 is 0. The fourth-order valence-corrected chi connectivity index (χ4v) is 1.05. The van der Waals surface area contributed by atoms with E-state index in [0.29, 0.717) is 0 Å². The Kier molecular flexibility index (Phi) is 7.84. The molecule has 1 atom stereocenters. The van der Waals surface area contributed by atoms with Gasteiger partial charge < -0.3 is 11.5 Å². The van der Waals surface area contributed by atoms with E-state index in [-0.39, 0.29) is 18.4 Å². The molecule has 0 spiro atoms. The molecule has 0 aromatic rings. The van der Waals surface area contributed by atoms with Crippen molar-refractivity contribution in [1.82, 2.24) is 0 Å². The molecule has 0 aliphatic heterocycles. The van der Waals surface area contributed by atoms with Crippen LogP contribution in [0, 0.1) is 0 Å². The van der Waals surface area contributed by atoms with Crippen LogP contribution in [-0.2, 0) is 4.79 Å². The minimum atomic E-state index is -0.354. The summed E-state index contributed by atoms with van der Waals surface area (Å²) in [6.07, 6.45) is 11.4. The Morgan fingerprint density at radius 2 is 1.93 bits per heavy atom. The van der Waals surface area contributed by atoms with E-state index in [1.165, 1.54) is 0 Å². The van der Waals surface area contributed by atoms with Gasteiger partial charge in [-0.15, -0.1) is 0 Å². The second kappa shape index (κ2) is 8.51. The number of primary amides is 1. The van der Waals surface area contributed by atoms with E-state index in [9.17, 15) is 4.79 Å². The monoisotopic (exact) mass is 196 g/mol. The van der Waals surface area contributed by atoms with Crippen LogP contribution in [0.3, 0.4) is 0 Å². The molecule has 0 saturated heterocycles. The van der Waals surface area contributed by atoms with Crippen molar-refractivity contribution in [3.05, 3.63) is 24.3 Å². The van der Waals surface area contributed by atoms with Gasteiger partial charge in [-0.1, -0.05) is 31.2 Å². The van der Waals surface area contributed by atoms with Crippen LogP contribution >= 0.6 is 0 Å². The summed E-state index contributed by atoms with van der Waals surface area (Å²) in [7, 11) is 0. The van der Waals surface area contributed by atoms with Crippen molar-refractivity contribution < 1.29 is 4.79 Å². The number of nitrogens with two attached hydrogens (primary N) is 2. The van der Waals surface area contributed by atoms with E-state index in [4.69, 9.17) is 11.5 Å². The number of carbonyl (C=O) groups excluding carboxylic acids is 1. The van der Waals surface area contributed by atoms with Gasteiger partial charge in [0.2, 0.25) is 5.91 Å². The standard InChI is InChI=1S/C11H20N2O/c1-2-3-4-5-6-7-8-10(12)9-11(13)14/h3-4,7-8,10H,2,5-6,9,12H2,1H3,(H2,13,14)/b4-3-,8-7+. The van der Waals surface area contributed by atoms with E-state index in [2.05, 4.69) is 19.1 Å². The minimum Gasteiger partial charge on any atom is -0.370 e. The number of hydrogen-bond acceptors (Lipinski definition) is 2. The maximum Gasteiger partial charge on any atom is 0.219 e. The van der Waals surface area contributed by atoms with Crippen LogP contribution in [0.25, 0.3) is 0 Å². The summed E-state index contributed by atoms with van der Waals surface area (Å²) in [5.74, 6) is -0.354. The van der Waals surface area contributed by atoms with Gasteiger partial charge in [0.1, 0.15) is 0 Å². The average molecular weight is 196 g/mol. The maximum absolute atomic E-state index is 10.5. The maximum atomic E-state index is 10.5. The van der Waals surface area contributed by atoms with Crippen LogP contribution in [0.15, 0.2) is 24.3 Å². The molecule has 80 valence electrons. The molecule has 14 heavy (non-hydrogen) atoms. The fraction of sp³-hybridized carbons (Fsp3) is 0.545. The molecular weight excluding hydrogens is 176 g/mol. The number of hydrogen-bond donors (Lipinski definition) is 2. The fourth-order valence-electron chi connectivity index (χ4n) is 1.05. The molecule has 0 aliphatic carbocycles. The number of amides is 1. The van der Waals surface area contributed by atoms with Crippen molar-refractivity contribution in [2.45, 2.75) is 38.6 Å². The first-order valence-electron chi connectivity index (χ1n) is 5.02. The number of carbonyl (C=O) groups is 1. The lowest BCUT2D eigenvalue weighted by molar-refractivity contribution is -0.118. The molecule has 0 aromatic heterocycles. The Morgan fingerprint density at radius 3 is 2.50 bits per heavy atom. The molecule has 0 radical (unpaired) electrons. The molecular formula is C11H20N2O. The summed E-state index contributed by atoms with van der Waals surface area (Å²) in [5, 5.41) is 0. The summed E-state index contributed by atoms with van der Waals surface area (Å²) in [6, 6.07) is -0.234. The Morgan fingerprint density at radius 1 is 1.29 bits per heavy atom. The van der Waals surface area contributed by atoms with Gasteiger partial charge in [-0.3, -0.25) is 4.79 Å². The molecule has 0 heterocycles. The Balaban J connectivity index is 3.51. The van der Waals surface area contributed by atoms with Crippen molar-refractivity contribution in [3.63, 3.8) is 0 Å². The van der Waals surface area contributed by atoms with Gasteiger partial charge in [-0.2, -0.15) is 0 Å². The number of rotatable bonds is 7. The van der Waals surface area contributed by atoms with Gasteiger partial charge in [-0.05, 0) is 19.3 Å². The zero-order valence-electron chi connectivity index (χ0n) is 8.78. The molecule has 0 saturated carbocycles. The van der Waals surface area contributed by atoms with Crippen LogP contribution in [-0.4, -0.2) is 11.9 Å². The summed E-state index contributed by atoms with van der Waals surface area (Å²) in [6.45, 7) is 2.11. The molecule has 1 amide bonds. The molecule has 0 fully saturated rings. The van der Waals surface area contributed by atoms with E-state index in [0.717, 1.165) is 19.3 Å². The van der Waals surface area contributed by atoms with Crippen LogP contribution in [0.2, 0.25) is 0 Å². The highest BCUT2D eigenvalue weighted by Gasteiger charge is 2.00. The lowest BCUT2D eigenvalue weighted by Gasteiger charge is -2.01. The van der Waals surface area contributed by atoms with Gasteiger partial charge in [0, 0.05) is 12.5 Å². The van der Waals surface area contributed by atoms with Crippen molar-refractivity contribution in [1.29, 1.82) is 0 Å². The van der Waals surface area contributed by atoms with Crippen molar-refractivity contribution in [2.24, 2.45) is 11.5 Å². The first-order valence-corrected chi connectivity index (χ1v) is 5.02. The third kappa shape index (κ3) is 9.00. The van der Waals surface area contributed by atoms with Gasteiger partial charge >= 0.3 is 0 Å². The zero-order valence-corrected chi connectivity index (χ0v) is 8.78. The summed E-state index contributed by atoms with van der Waals surface area (Å²) in [5.41, 5.74) is 10.6. The van der Waals surface area contributed by atoms with Crippen LogP contribution in [0.5, 0.6) is 0 Å². The zero-order chi connectivity index (χ0) is 10.8. The largest absolute Gasteiger partial charge is 0.370 e. The third-order valence-corrected chi connectivity index (χ3v) is 1.72. The first kappa shape index (κ1) is 12.9. The minimum absolute atomic E-state index is 0.224. The predicted octanol–water partition coefficient (Wildman–Crippen LogP) is 1.49. The number of unbranched alkanes of at least 4 members (excludes halogenated alkanes) is 1. The highest BCUT2D eigenvalue weighted by atomic mass is 16.1. The SMILES string of the molecule is CC/C=C\CC/C=C/C(N)CC(N)=O. The van der Waals surface area contributed by atoms with Crippen molar-refractivity contribution in [2.75, 3.05) is 0 Å². The van der Waals surface area contributed by atoms with Crippen LogP contribution < -0.4 is 11.5 Å². The third-order valence-electron chi connectivity index (χ3n) is 1.72. The second-order valence-corrected chi connectivity index (χ2v) is 3.22. The molecule has 3 nitrogen and oxygen atoms in total. The predicted molar refractivity (Wildman–Crippen MR) is 59.6 cm³/mol. The normalized spacial score (nSPS) is 13.9. The lowest BCUT2D eigenvalue weighted by Crippen LogP contribution is -2.25. The summed E-state index contributed by atoms with van der Waals surface area (Å²) >= 11 is 0. The van der Waals surface area contributed by atoms with Gasteiger partial charge in [0.25, 0.3) is 0 Å². The molecule has 0 bridgehead atoms. The van der Waals surface area contributed by atoms with Gasteiger partial charge in [0.15, 0.2) is 0 Å². The highest BCUT2D eigenvalue weighted by molar-refractivity contribution is 5.74. The van der Waals surface area contributed by atoms with Crippen LogP contribution in [0.4, 0.5) is 0 Å². The Bertz CT molecular complexity index is 209. The van der Waals surface area contributed by atoms with Crippen molar-refractivity contribution >= 4 is 5.91 Å². The summed E-state index contributed by atoms with van der Waals surface area (Å²) in [4.78, 5) is 10.5. The van der Waals surface area contributed by atoms with Crippen LogP contribution in [0.1, 0.15) is 32.6 Å². The Hall–Kier alpha value is -1.09. The lowest BCUT2D eigenvalue weighted by atomic mass is 10.1. The molecule has 3 heteroatoms. The van der Waals surface area contributed by atoms with E-state index >= 15 is 0 Å². The average Bonchev–Trinajstić information content (AvgIpc) is 2.10. The van der Waals surface area contributed by atoms with E-state index < -0.39 is 0 Å². The highest BCUT2D eigenvalue weighted by Crippen LogP contribution is 1.96. The van der Waals surface area contributed by atoms with E-state index in [1.807, 2.05) is 12.2 Å². The smallest absolute Gasteiger partial charge is 0.219 e. The molecule has 4 N–H and O–H groups in total. The molecule has 0 rings (SSSR count). The Labute approximate surface area is 85.9 Å². The van der Waals surface area contributed by atoms with Gasteiger partial charge in [0.05, 0.1) is 0 Å². The quantitative estimate of drug-likeness (QED) is 0.478. The number of allylic oxidation sites excluding steroid dienone is 3.